The van der Waals surface area contributed by atoms with Gasteiger partial charge in [-0.1, -0.05) is 49.4 Å². The molecule has 0 fully saturated rings. The lowest BCUT2D eigenvalue weighted by Crippen LogP contribution is -2.17. The minimum absolute atomic E-state index is 0.239. The van der Waals surface area contributed by atoms with E-state index in [0.717, 1.165) is 38.0 Å². The molecule has 0 unspecified atom stereocenters. The number of carboxylic acids is 1. The predicted molar refractivity (Wildman–Crippen MR) is 111 cm³/mol. The number of aryl methyl sites for hydroxylation is 2. The summed E-state index contributed by atoms with van der Waals surface area (Å²) in [6.07, 6.45) is 0. The molecule has 0 aromatic heterocycles. The maximum Gasteiger partial charge on any atom is 0.335 e. The second kappa shape index (κ2) is 7.77. The first-order chi connectivity index (χ1) is 11.6. The Morgan fingerprint density at radius 3 is 2.16 bits per heavy atom. The van der Waals surface area contributed by atoms with Crippen molar-refractivity contribution >= 4 is 28.6 Å². The van der Waals surface area contributed by atoms with Crippen molar-refractivity contribution in [3.8, 4) is 16.9 Å². The van der Waals surface area contributed by atoms with E-state index in [9.17, 15) is 9.90 Å². The van der Waals surface area contributed by atoms with Crippen LogP contribution in [0.2, 0.25) is 0 Å². The lowest BCUT2D eigenvalue weighted by Gasteiger charge is -2.23. The zero-order valence-corrected chi connectivity index (χ0v) is 17.6. The first-order valence-electron chi connectivity index (χ1n) is 8.33. The Hall–Kier alpha value is -1.56. The monoisotopic (exact) mass is 452 g/mol. The molecular weight excluding hydrogens is 427 g/mol. The average molecular weight is 452 g/mol. The standard InChI is InChI=1S/C21H25IO3/c1-13-10-16(11-14(2)19(13)25-9-8-22)15-6-7-17(20(23)24)18(12-15)21(3,4)5/h6-7,10-12H,8-9H2,1-5H3,(H,23,24). The molecule has 2 aromatic rings. The van der Waals surface area contributed by atoms with E-state index >= 15 is 0 Å². The Balaban J connectivity index is 2.54. The Kier molecular flexibility index (Phi) is 6.14. The summed E-state index contributed by atoms with van der Waals surface area (Å²) in [6, 6.07) is 9.82. The third-order valence-corrected chi connectivity index (χ3v) is 4.62. The number of rotatable bonds is 5. The quantitative estimate of drug-likeness (QED) is 0.462. The van der Waals surface area contributed by atoms with Gasteiger partial charge in [0.05, 0.1) is 12.2 Å². The van der Waals surface area contributed by atoms with Crippen molar-refractivity contribution in [3.05, 3.63) is 52.6 Å². The van der Waals surface area contributed by atoms with Gasteiger partial charge in [0.1, 0.15) is 5.75 Å². The zero-order chi connectivity index (χ0) is 18.8. The van der Waals surface area contributed by atoms with Gasteiger partial charge in [-0.3, -0.25) is 0 Å². The van der Waals surface area contributed by atoms with E-state index in [-0.39, 0.29) is 5.41 Å². The summed E-state index contributed by atoms with van der Waals surface area (Å²) in [5.74, 6) is 0.0602. The fourth-order valence-corrected chi connectivity index (χ4v) is 3.24. The highest BCUT2D eigenvalue weighted by Crippen LogP contribution is 2.34. The van der Waals surface area contributed by atoms with Crippen molar-refractivity contribution in [2.24, 2.45) is 0 Å². The molecule has 0 amide bonds. The molecule has 2 aromatic carbocycles. The Bertz CT molecular complexity index is 765. The number of aromatic carboxylic acids is 1. The van der Waals surface area contributed by atoms with E-state index in [1.54, 1.807) is 6.07 Å². The molecule has 0 bridgehead atoms. The molecule has 1 N–H and O–H groups in total. The molecule has 0 spiro atoms. The van der Waals surface area contributed by atoms with Gasteiger partial charge in [-0.2, -0.15) is 0 Å². The molecule has 0 heterocycles. The highest BCUT2D eigenvalue weighted by Gasteiger charge is 2.22. The highest BCUT2D eigenvalue weighted by atomic mass is 127. The highest BCUT2D eigenvalue weighted by molar-refractivity contribution is 14.1. The molecule has 0 radical (unpaired) electrons. The van der Waals surface area contributed by atoms with Crippen molar-refractivity contribution in [2.75, 3.05) is 11.0 Å². The van der Waals surface area contributed by atoms with Gasteiger partial charge in [-0.05, 0) is 71.3 Å². The largest absolute Gasteiger partial charge is 0.492 e. The normalized spacial score (nSPS) is 11.4. The summed E-state index contributed by atoms with van der Waals surface area (Å²) < 4.78 is 6.80. The second-order valence-electron chi connectivity index (χ2n) is 7.29. The van der Waals surface area contributed by atoms with Crippen LogP contribution in [0.1, 0.15) is 47.8 Å². The maximum absolute atomic E-state index is 11.6. The molecule has 0 saturated carbocycles. The number of alkyl halides is 1. The van der Waals surface area contributed by atoms with E-state index in [2.05, 4.69) is 48.6 Å². The number of hydrogen-bond acceptors (Lipinski definition) is 2. The third-order valence-electron chi connectivity index (χ3n) is 4.18. The number of carbonyl (C=O) groups is 1. The van der Waals surface area contributed by atoms with Crippen molar-refractivity contribution in [3.63, 3.8) is 0 Å². The molecule has 0 aliphatic carbocycles. The fourth-order valence-electron chi connectivity index (χ4n) is 3.02. The number of carboxylic acid groups (broad SMARTS) is 1. The number of halogens is 1. The minimum Gasteiger partial charge on any atom is -0.492 e. The fraction of sp³-hybridized carbons (Fsp3) is 0.381. The number of ether oxygens (including phenoxy) is 1. The topological polar surface area (TPSA) is 46.5 Å². The third kappa shape index (κ3) is 4.54. The van der Waals surface area contributed by atoms with Gasteiger partial charge in [-0.15, -0.1) is 0 Å². The van der Waals surface area contributed by atoms with Gasteiger partial charge in [0.2, 0.25) is 0 Å². The Morgan fingerprint density at radius 1 is 1.08 bits per heavy atom. The van der Waals surface area contributed by atoms with Gasteiger partial charge < -0.3 is 9.84 Å². The molecule has 4 heteroatoms. The molecule has 134 valence electrons. The number of benzene rings is 2. The van der Waals surface area contributed by atoms with E-state index in [1.807, 2.05) is 32.9 Å². The molecule has 2 rings (SSSR count). The molecule has 0 saturated heterocycles. The summed E-state index contributed by atoms with van der Waals surface area (Å²) in [7, 11) is 0. The summed E-state index contributed by atoms with van der Waals surface area (Å²) in [6.45, 7) is 10.9. The summed E-state index contributed by atoms with van der Waals surface area (Å²) in [4.78, 5) is 11.6. The first-order valence-corrected chi connectivity index (χ1v) is 9.86. The second-order valence-corrected chi connectivity index (χ2v) is 8.37. The minimum atomic E-state index is -0.883. The number of hydrogen-bond donors (Lipinski definition) is 1. The van der Waals surface area contributed by atoms with Crippen molar-refractivity contribution < 1.29 is 14.6 Å². The zero-order valence-electron chi connectivity index (χ0n) is 15.4. The van der Waals surface area contributed by atoms with Crippen molar-refractivity contribution in [1.29, 1.82) is 0 Å². The molecule has 3 nitrogen and oxygen atoms in total. The van der Waals surface area contributed by atoms with Crippen LogP contribution in [0.3, 0.4) is 0 Å². The van der Waals surface area contributed by atoms with E-state index in [4.69, 9.17) is 4.74 Å². The molecular formula is C21H25IO3. The van der Waals surface area contributed by atoms with Gasteiger partial charge in [-0.25, -0.2) is 4.79 Å². The predicted octanol–water partition coefficient (Wildman–Crippen LogP) is 5.78. The van der Waals surface area contributed by atoms with Crippen LogP contribution in [-0.4, -0.2) is 22.1 Å². The van der Waals surface area contributed by atoms with Gasteiger partial charge >= 0.3 is 5.97 Å². The lowest BCUT2D eigenvalue weighted by molar-refractivity contribution is 0.0694. The molecule has 0 aliphatic heterocycles. The first kappa shape index (κ1) is 19.8. The van der Waals surface area contributed by atoms with Gasteiger partial charge in [0, 0.05) is 4.43 Å². The average Bonchev–Trinajstić information content (AvgIpc) is 2.52. The van der Waals surface area contributed by atoms with Crippen LogP contribution < -0.4 is 4.74 Å². The van der Waals surface area contributed by atoms with E-state index < -0.39 is 5.97 Å². The smallest absolute Gasteiger partial charge is 0.335 e. The van der Waals surface area contributed by atoms with Crippen LogP contribution in [0.4, 0.5) is 0 Å². The molecule has 0 atom stereocenters. The SMILES string of the molecule is Cc1cc(-c2ccc(C(=O)O)c(C(C)(C)C)c2)cc(C)c1OCCI. The Morgan fingerprint density at radius 2 is 1.68 bits per heavy atom. The maximum atomic E-state index is 11.6. The molecule has 25 heavy (non-hydrogen) atoms. The van der Waals surface area contributed by atoms with Crippen LogP contribution in [0.5, 0.6) is 5.75 Å². The van der Waals surface area contributed by atoms with Crippen LogP contribution in [-0.2, 0) is 5.41 Å². The van der Waals surface area contributed by atoms with E-state index in [0.29, 0.717) is 12.2 Å². The summed E-state index contributed by atoms with van der Waals surface area (Å²) in [5, 5.41) is 9.48. The van der Waals surface area contributed by atoms with Crippen LogP contribution in [0.25, 0.3) is 11.1 Å². The lowest BCUT2D eigenvalue weighted by atomic mass is 9.82. The summed E-state index contributed by atoms with van der Waals surface area (Å²) >= 11 is 2.30. The van der Waals surface area contributed by atoms with Crippen LogP contribution in [0, 0.1) is 13.8 Å². The van der Waals surface area contributed by atoms with Gasteiger partial charge in [0.25, 0.3) is 0 Å². The van der Waals surface area contributed by atoms with E-state index in [1.165, 1.54) is 0 Å². The Labute approximate surface area is 163 Å². The van der Waals surface area contributed by atoms with Crippen molar-refractivity contribution in [1.82, 2.24) is 0 Å². The van der Waals surface area contributed by atoms with Gasteiger partial charge in [0.15, 0.2) is 0 Å². The van der Waals surface area contributed by atoms with Crippen LogP contribution in [0.15, 0.2) is 30.3 Å². The van der Waals surface area contributed by atoms with Crippen LogP contribution >= 0.6 is 22.6 Å². The summed E-state index contributed by atoms with van der Waals surface area (Å²) in [5.41, 5.74) is 5.28. The molecule has 0 aliphatic rings. The van der Waals surface area contributed by atoms with Crippen molar-refractivity contribution in [2.45, 2.75) is 40.0 Å².